The molecular formula is C23H24N4O4. The summed E-state index contributed by atoms with van der Waals surface area (Å²) in [5.74, 6) is 0.819. The third-order valence-electron chi connectivity index (χ3n) is 4.67. The van der Waals surface area contributed by atoms with Crippen molar-refractivity contribution in [3.05, 3.63) is 78.4 Å². The van der Waals surface area contributed by atoms with Crippen molar-refractivity contribution in [1.82, 2.24) is 9.97 Å². The topological polar surface area (TPSA) is 120 Å². The van der Waals surface area contributed by atoms with Crippen molar-refractivity contribution < 1.29 is 19.4 Å². The Bertz CT molecular complexity index is 1040. The SMILES string of the molecule is CC(C)Oc1ccc(C2(c3cccc(-c4cncnc4)c3)COC(N)=N2)cc1.O=CO. The average molecular weight is 420 g/mol. The Morgan fingerprint density at radius 1 is 1.10 bits per heavy atom. The van der Waals surface area contributed by atoms with Gasteiger partial charge < -0.3 is 20.3 Å². The van der Waals surface area contributed by atoms with Gasteiger partial charge in [0.1, 0.15) is 18.7 Å². The van der Waals surface area contributed by atoms with E-state index >= 15 is 0 Å². The molecule has 1 aromatic heterocycles. The number of hydrogen-bond donors (Lipinski definition) is 2. The van der Waals surface area contributed by atoms with Crippen molar-refractivity contribution in [3.8, 4) is 16.9 Å². The van der Waals surface area contributed by atoms with Gasteiger partial charge in [-0.25, -0.2) is 15.0 Å². The van der Waals surface area contributed by atoms with Crippen LogP contribution in [0.1, 0.15) is 25.0 Å². The summed E-state index contributed by atoms with van der Waals surface area (Å²) in [6, 6.07) is 16.3. The zero-order valence-electron chi connectivity index (χ0n) is 17.3. The highest BCUT2D eigenvalue weighted by atomic mass is 16.5. The summed E-state index contributed by atoms with van der Waals surface area (Å²) >= 11 is 0. The molecule has 0 saturated heterocycles. The highest BCUT2D eigenvalue weighted by molar-refractivity contribution is 5.75. The van der Waals surface area contributed by atoms with Crippen molar-refractivity contribution >= 4 is 12.5 Å². The van der Waals surface area contributed by atoms with Crippen molar-refractivity contribution in [2.75, 3.05) is 6.61 Å². The Balaban J connectivity index is 0.000000858. The molecule has 1 unspecified atom stereocenters. The first-order valence-electron chi connectivity index (χ1n) is 9.67. The van der Waals surface area contributed by atoms with Crippen molar-refractivity contribution in [2.45, 2.75) is 25.5 Å². The molecule has 0 bridgehead atoms. The van der Waals surface area contributed by atoms with E-state index < -0.39 is 5.54 Å². The maximum Gasteiger partial charge on any atom is 0.290 e. The third kappa shape index (κ3) is 4.98. The normalized spacial score (nSPS) is 17.2. The summed E-state index contributed by atoms with van der Waals surface area (Å²) in [5.41, 5.74) is 9.15. The van der Waals surface area contributed by atoms with Crippen LogP contribution in [0, 0.1) is 0 Å². The zero-order valence-corrected chi connectivity index (χ0v) is 17.3. The quantitative estimate of drug-likeness (QED) is 0.608. The first-order chi connectivity index (χ1) is 15.0. The third-order valence-corrected chi connectivity index (χ3v) is 4.67. The van der Waals surface area contributed by atoms with E-state index in [1.54, 1.807) is 12.4 Å². The molecule has 2 aromatic carbocycles. The Morgan fingerprint density at radius 3 is 2.35 bits per heavy atom. The minimum absolute atomic E-state index is 0.119. The van der Waals surface area contributed by atoms with Crippen LogP contribution in [0.25, 0.3) is 11.1 Å². The molecule has 3 aromatic rings. The Labute approximate surface area is 180 Å². The minimum Gasteiger partial charge on any atom is -0.491 e. The number of carbonyl (C=O) groups is 1. The lowest BCUT2D eigenvalue weighted by atomic mass is 9.83. The van der Waals surface area contributed by atoms with E-state index in [1.807, 2.05) is 56.3 Å². The number of aliphatic imine (C=N–C) groups is 1. The molecule has 1 atom stereocenters. The van der Waals surface area contributed by atoms with E-state index in [0.29, 0.717) is 6.61 Å². The van der Waals surface area contributed by atoms with Gasteiger partial charge in [0.2, 0.25) is 0 Å². The van der Waals surface area contributed by atoms with Crippen LogP contribution in [-0.4, -0.2) is 40.3 Å². The molecule has 2 heterocycles. The molecule has 1 aliphatic heterocycles. The van der Waals surface area contributed by atoms with Gasteiger partial charge in [-0.2, -0.15) is 0 Å². The van der Waals surface area contributed by atoms with E-state index in [-0.39, 0.29) is 18.6 Å². The maximum absolute atomic E-state index is 8.36. The first kappa shape index (κ1) is 21.8. The second-order valence-electron chi connectivity index (χ2n) is 7.10. The van der Waals surface area contributed by atoms with Crippen LogP contribution in [0.15, 0.2) is 72.2 Å². The molecule has 0 aliphatic carbocycles. The van der Waals surface area contributed by atoms with E-state index in [2.05, 4.69) is 21.0 Å². The van der Waals surface area contributed by atoms with Crippen LogP contribution in [0.3, 0.4) is 0 Å². The number of hydrogen-bond acceptors (Lipinski definition) is 7. The first-order valence-corrected chi connectivity index (χ1v) is 9.67. The van der Waals surface area contributed by atoms with Crippen LogP contribution in [-0.2, 0) is 15.1 Å². The largest absolute Gasteiger partial charge is 0.491 e. The van der Waals surface area contributed by atoms with Crippen LogP contribution < -0.4 is 10.5 Å². The smallest absolute Gasteiger partial charge is 0.290 e. The summed E-state index contributed by atoms with van der Waals surface area (Å²) < 4.78 is 11.4. The fourth-order valence-corrected chi connectivity index (χ4v) is 3.38. The predicted octanol–water partition coefficient (Wildman–Crippen LogP) is 3.22. The monoisotopic (exact) mass is 420 g/mol. The number of nitrogens with two attached hydrogens (primary N) is 1. The lowest BCUT2D eigenvalue weighted by Crippen LogP contribution is -2.27. The predicted molar refractivity (Wildman–Crippen MR) is 117 cm³/mol. The molecule has 0 spiro atoms. The lowest BCUT2D eigenvalue weighted by Gasteiger charge is -2.26. The highest BCUT2D eigenvalue weighted by Crippen LogP contribution is 2.39. The Kier molecular flexibility index (Phi) is 6.81. The van der Waals surface area contributed by atoms with Gasteiger partial charge in [-0.1, -0.05) is 30.3 Å². The van der Waals surface area contributed by atoms with Crippen molar-refractivity contribution in [1.29, 1.82) is 0 Å². The number of amidine groups is 1. The van der Waals surface area contributed by atoms with Crippen LogP contribution in [0.2, 0.25) is 0 Å². The molecule has 8 heteroatoms. The second kappa shape index (κ2) is 9.71. The fraction of sp³-hybridized carbons (Fsp3) is 0.217. The van der Waals surface area contributed by atoms with Gasteiger partial charge in [-0.05, 0) is 48.7 Å². The molecule has 0 saturated carbocycles. The summed E-state index contributed by atoms with van der Waals surface area (Å²) in [6.45, 7) is 4.10. The molecule has 1 aliphatic rings. The number of rotatable bonds is 5. The molecule has 0 fully saturated rings. The van der Waals surface area contributed by atoms with Gasteiger partial charge >= 0.3 is 0 Å². The standard InChI is InChI=1S/C22H22N4O2.CH2O2/c1-15(2)28-20-8-6-18(7-9-20)22(13-27-21(23)26-22)19-5-3-4-16(10-19)17-11-24-14-25-12-17;2-1-3/h3-12,14-15H,13H2,1-2H3,(H2,23,26);1H,(H,2,3). The van der Waals surface area contributed by atoms with Gasteiger partial charge in [-0.3, -0.25) is 4.79 Å². The van der Waals surface area contributed by atoms with Crippen molar-refractivity contribution in [3.63, 3.8) is 0 Å². The lowest BCUT2D eigenvalue weighted by molar-refractivity contribution is -0.122. The Hall–Kier alpha value is -3.94. The van der Waals surface area contributed by atoms with Gasteiger partial charge in [0.15, 0.2) is 5.54 Å². The molecule has 3 N–H and O–H groups in total. The van der Waals surface area contributed by atoms with Gasteiger partial charge in [0.25, 0.3) is 12.5 Å². The number of benzene rings is 2. The number of nitrogens with zero attached hydrogens (tertiary/aromatic N) is 3. The van der Waals surface area contributed by atoms with E-state index in [9.17, 15) is 0 Å². The zero-order chi connectivity index (χ0) is 22.3. The Morgan fingerprint density at radius 2 is 1.77 bits per heavy atom. The molecule has 8 nitrogen and oxygen atoms in total. The highest BCUT2D eigenvalue weighted by Gasteiger charge is 2.40. The number of carboxylic acid groups (broad SMARTS) is 1. The number of ether oxygens (including phenoxy) is 2. The summed E-state index contributed by atoms with van der Waals surface area (Å²) in [5, 5.41) is 6.89. The minimum atomic E-state index is -0.702. The second-order valence-corrected chi connectivity index (χ2v) is 7.10. The fourth-order valence-electron chi connectivity index (χ4n) is 3.38. The van der Waals surface area contributed by atoms with Gasteiger partial charge in [0.05, 0.1) is 6.10 Å². The summed E-state index contributed by atoms with van der Waals surface area (Å²) in [4.78, 5) is 21.3. The van der Waals surface area contributed by atoms with Gasteiger partial charge in [-0.15, -0.1) is 0 Å². The molecule has 0 radical (unpaired) electrons. The number of aromatic nitrogens is 2. The van der Waals surface area contributed by atoms with Gasteiger partial charge in [0, 0.05) is 18.0 Å². The molecule has 4 rings (SSSR count). The van der Waals surface area contributed by atoms with Crippen molar-refractivity contribution in [2.24, 2.45) is 10.7 Å². The maximum atomic E-state index is 8.36. The molecular weight excluding hydrogens is 396 g/mol. The summed E-state index contributed by atoms with van der Waals surface area (Å²) in [7, 11) is 0. The van der Waals surface area contributed by atoms with Crippen LogP contribution in [0.4, 0.5) is 0 Å². The molecule has 160 valence electrons. The van der Waals surface area contributed by atoms with E-state index in [0.717, 1.165) is 28.0 Å². The van der Waals surface area contributed by atoms with Crippen LogP contribution in [0.5, 0.6) is 5.75 Å². The van der Waals surface area contributed by atoms with E-state index in [1.165, 1.54) is 6.33 Å². The molecule has 0 amide bonds. The van der Waals surface area contributed by atoms with E-state index in [4.69, 9.17) is 25.1 Å². The summed E-state index contributed by atoms with van der Waals surface area (Å²) in [6.07, 6.45) is 5.22. The average Bonchev–Trinajstić information content (AvgIpc) is 3.18. The molecule has 31 heavy (non-hydrogen) atoms. The van der Waals surface area contributed by atoms with Crippen LogP contribution >= 0.6 is 0 Å².